The number of hydrogen-bond donors (Lipinski definition) is 0. The van der Waals surface area contributed by atoms with Crippen molar-refractivity contribution in [3.05, 3.63) is 35.9 Å². The Morgan fingerprint density at radius 1 is 0.882 bits per heavy atom. The second kappa shape index (κ2) is 4.89. The monoisotopic (exact) mass is 248 g/mol. The van der Waals surface area contributed by atoms with Crippen molar-refractivity contribution in [3.8, 4) is 0 Å². The first-order valence-corrected chi connectivity index (χ1v) is 6.64. The second-order valence-electron chi connectivity index (χ2n) is 6.90. The van der Waals surface area contributed by atoms with Gasteiger partial charge in [0, 0.05) is 10.8 Å². The zero-order chi connectivity index (χ0) is 13.3. The first-order chi connectivity index (χ1) is 7.64. The van der Waals surface area contributed by atoms with Gasteiger partial charge in [0.15, 0.2) is 0 Å². The third-order valence-corrected chi connectivity index (χ3v) is 3.52. The van der Waals surface area contributed by atoms with Gasteiger partial charge in [-0.25, -0.2) is 0 Å². The number of thiocarbonyl (C=S) groups is 1. The first-order valence-electron chi connectivity index (χ1n) is 6.23. The van der Waals surface area contributed by atoms with Crippen molar-refractivity contribution in [3.63, 3.8) is 0 Å². The first kappa shape index (κ1) is 14.4. The van der Waals surface area contributed by atoms with Gasteiger partial charge in [0.2, 0.25) is 0 Å². The van der Waals surface area contributed by atoms with Crippen LogP contribution in [0.5, 0.6) is 0 Å². The van der Waals surface area contributed by atoms with E-state index < -0.39 is 0 Å². The summed E-state index contributed by atoms with van der Waals surface area (Å²) in [4.78, 5) is 1.09. The van der Waals surface area contributed by atoms with Crippen LogP contribution in [0.1, 0.15) is 47.1 Å². The molecule has 17 heavy (non-hydrogen) atoms. The van der Waals surface area contributed by atoms with Crippen LogP contribution in [0.4, 0.5) is 0 Å². The predicted molar refractivity (Wildman–Crippen MR) is 80.5 cm³/mol. The van der Waals surface area contributed by atoms with Gasteiger partial charge in [0.1, 0.15) is 0 Å². The summed E-state index contributed by atoms with van der Waals surface area (Å²) in [5.41, 5.74) is 1.56. The molecular weight excluding hydrogens is 224 g/mol. The van der Waals surface area contributed by atoms with Gasteiger partial charge in [0.25, 0.3) is 0 Å². The summed E-state index contributed by atoms with van der Waals surface area (Å²) in [5, 5.41) is 0. The van der Waals surface area contributed by atoms with Crippen LogP contribution in [-0.4, -0.2) is 4.86 Å². The molecule has 0 aliphatic carbocycles. The van der Waals surface area contributed by atoms with Crippen molar-refractivity contribution >= 4 is 17.1 Å². The van der Waals surface area contributed by atoms with E-state index in [2.05, 4.69) is 65.8 Å². The molecule has 0 saturated carbocycles. The summed E-state index contributed by atoms with van der Waals surface area (Å²) in [6.45, 7) is 13.7. The third-order valence-electron chi connectivity index (χ3n) is 3.05. The second-order valence-corrected chi connectivity index (χ2v) is 7.34. The molecule has 0 spiro atoms. The lowest BCUT2D eigenvalue weighted by molar-refractivity contribution is 0.169. The summed E-state index contributed by atoms with van der Waals surface area (Å²) < 4.78 is 0. The fourth-order valence-corrected chi connectivity index (χ4v) is 3.70. The van der Waals surface area contributed by atoms with Crippen molar-refractivity contribution < 1.29 is 0 Å². The van der Waals surface area contributed by atoms with Crippen LogP contribution in [-0.2, 0) is 0 Å². The van der Waals surface area contributed by atoms with Crippen LogP contribution < -0.4 is 0 Å². The number of benzene rings is 1. The lowest BCUT2D eigenvalue weighted by Crippen LogP contribution is -2.38. The normalized spacial score (nSPS) is 12.9. The third kappa shape index (κ3) is 3.64. The van der Waals surface area contributed by atoms with E-state index in [0.29, 0.717) is 5.92 Å². The van der Waals surface area contributed by atoms with Crippen LogP contribution in [0.15, 0.2) is 30.3 Å². The highest BCUT2D eigenvalue weighted by atomic mass is 32.1. The van der Waals surface area contributed by atoms with E-state index in [9.17, 15) is 0 Å². The molecule has 1 rings (SSSR count). The number of rotatable bonds is 2. The summed E-state index contributed by atoms with van der Waals surface area (Å²) in [5.74, 6) is 0.396. The Balaban J connectivity index is 3.14. The Kier molecular flexibility index (Phi) is 4.14. The fourth-order valence-electron chi connectivity index (χ4n) is 2.85. The fraction of sp³-hybridized carbons (Fsp3) is 0.562. The summed E-state index contributed by atoms with van der Waals surface area (Å²) >= 11 is 5.74. The van der Waals surface area contributed by atoms with E-state index in [0.717, 1.165) is 4.86 Å². The summed E-state index contributed by atoms with van der Waals surface area (Å²) in [6.07, 6.45) is 0. The largest absolute Gasteiger partial charge is 0.0839 e. The highest BCUT2D eigenvalue weighted by molar-refractivity contribution is 7.80. The van der Waals surface area contributed by atoms with E-state index in [1.807, 2.05) is 6.07 Å². The Hall–Kier alpha value is -0.690. The lowest BCUT2D eigenvalue weighted by atomic mass is 9.64. The Labute approximate surface area is 111 Å². The van der Waals surface area contributed by atoms with Gasteiger partial charge >= 0.3 is 0 Å². The minimum Gasteiger partial charge on any atom is -0.0839 e. The minimum atomic E-state index is 0.186. The highest BCUT2D eigenvalue weighted by Gasteiger charge is 2.38. The lowest BCUT2D eigenvalue weighted by Gasteiger charge is -2.41. The van der Waals surface area contributed by atoms with Crippen molar-refractivity contribution in [1.82, 2.24) is 0 Å². The predicted octanol–water partition coefficient (Wildman–Crippen LogP) is 5.11. The van der Waals surface area contributed by atoms with Gasteiger partial charge in [-0.2, -0.15) is 0 Å². The van der Waals surface area contributed by atoms with Gasteiger partial charge < -0.3 is 0 Å². The molecule has 0 N–H and O–H groups in total. The van der Waals surface area contributed by atoms with Crippen LogP contribution in [0.25, 0.3) is 0 Å². The van der Waals surface area contributed by atoms with E-state index in [1.165, 1.54) is 5.56 Å². The molecule has 0 fully saturated rings. The van der Waals surface area contributed by atoms with Gasteiger partial charge in [-0.3, -0.25) is 0 Å². The molecule has 1 aromatic carbocycles. The molecule has 0 nitrogen and oxygen atoms in total. The van der Waals surface area contributed by atoms with Gasteiger partial charge in [-0.1, -0.05) is 84.1 Å². The maximum absolute atomic E-state index is 5.74. The molecule has 0 atom stereocenters. The molecule has 0 aromatic heterocycles. The van der Waals surface area contributed by atoms with E-state index in [1.54, 1.807) is 0 Å². The molecule has 0 bridgehead atoms. The highest BCUT2D eigenvalue weighted by Crippen LogP contribution is 2.42. The van der Waals surface area contributed by atoms with Crippen LogP contribution in [0.2, 0.25) is 0 Å². The zero-order valence-electron chi connectivity index (χ0n) is 11.9. The van der Waals surface area contributed by atoms with E-state index >= 15 is 0 Å². The van der Waals surface area contributed by atoms with Crippen molar-refractivity contribution in [1.29, 1.82) is 0 Å². The molecule has 0 heterocycles. The van der Waals surface area contributed by atoms with Crippen molar-refractivity contribution in [2.24, 2.45) is 16.7 Å². The topological polar surface area (TPSA) is 0 Å². The van der Waals surface area contributed by atoms with Gasteiger partial charge in [-0.15, -0.1) is 0 Å². The molecule has 0 amide bonds. The molecule has 0 aliphatic heterocycles. The average Bonchev–Trinajstić information content (AvgIpc) is 2.14. The minimum absolute atomic E-state index is 0.186. The SMILES string of the molecule is CC(C)(C)C(C(=S)c1ccccc1)C(C)(C)C. The van der Waals surface area contributed by atoms with Gasteiger partial charge in [-0.05, 0) is 16.4 Å². The van der Waals surface area contributed by atoms with Crippen LogP contribution >= 0.6 is 12.2 Å². The molecule has 1 heteroatoms. The zero-order valence-corrected chi connectivity index (χ0v) is 12.7. The molecule has 0 saturated heterocycles. The quantitative estimate of drug-likeness (QED) is 0.517. The maximum Gasteiger partial charge on any atom is 0.0265 e. The average molecular weight is 248 g/mol. The smallest absolute Gasteiger partial charge is 0.0265 e. The summed E-state index contributed by atoms with van der Waals surface area (Å²) in [6, 6.07) is 10.4. The van der Waals surface area contributed by atoms with E-state index in [-0.39, 0.29) is 10.8 Å². The molecular formula is C16H24S. The Morgan fingerprint density at radius 2 is 1.29 bits per heavy atom. The molecule has 0 unspecified atom stereocenters. The molecule has 0 aliphatic rings. The van der Waals surface area contributed by atoms with Crippen molar-refractivity contribution in [2.75, 3.05) is 0 Å². The van der Waals surface area contributed by atoms with Crippen LogP contribution in [0.3, 0.4) is 0 Å². The van der Waals surface area contributed by atoms with E-state index in [4.69, 9.17) is 12.2 Å². The Bertz CT molecular complexity index is 362. The summed E-state index contributed by atoms with van der Waals surface area (Å²) in [7, 11) is 0. The standard InChI is InChI=1S/C16H24S/c1-15(2,3)14(16(4,5)6)13(17)12-10-8-7-9-11-12/h7-11,14H,1-6H3. The van der Waals surface area contributed by atoms with Gasteiger partial charge in [0.05, 0.1) is 0 Å². The van der Waals surface area contributed by atoms with Crippen molar-refractivity contribution in [2.45, 2.75) is 41.5 Å². The maximum atomic E-state index is 5.74. The molecule has 94 valence electrons. The Morgan fingerprint density at radius 3 is 1.65 bits per heavy atom. The van der Waals surface area contributed by atoms with Crippen LogP contribution in [0, 0.1) is 16.7 Å². The molecule has 1 aromatic rings. The molecule has 0 radical (unpaired) electrons. The number of hydrogen-bond acceptors (Lipinski definition) is 1.